The van der Waals surface area contributed by atoms with E-state index in [-0.39, 0.29) is 0 Å². The molecular weight excluding hydrogens is 158 g/mol. The summed E-state index contributed by atoms with van der Waals surface area (Å²) < 4.78 is 0. The maximum atomic E-state index is 3.37. The summed E-state index contributed by atoms with van der Waals surface area (Å²) >= 11 is 0. The Hall–Kier alpha value is -0.0400. The van der Waals surface area contributed by atoms with Crippen LogP contribution in [0.25, 0.3) is 0 Å². The Kier molecular flexibility index (Phi) is 8.53. The molecule has 0 heterocycles. The van der Waals surface area contributed by atoms with Crippen molar-refractivity contribution in [1.29, 1.82) is 0 Å². The van der Waals surface area contributed by atoms with E-state index in [4.69, 9.17) is 0 Å². The van der Waals surface area contributed by atoms with Gasteiger partial charge >= 0.3 is 0 Å². The average molecular weight is 185 g/mol. The van der Waals surface area contributed by atoms with Crippen LogP contribution in [0.4, 0.5) is 0 Å². The van der Waals surface area contributed by atoms with Crippen molar-refractivity contribution in [3.05, 3.63) is 0 Å². The van der Waals surface area contributed by atoms with Gasteiger partial charge in [-0.15, -0.1) is 0 Å². The van der Waals surface area contributed by atoms with E-state index in [0.29, 0.717) is 0 Å². The van der Waals surface area contributed by atoms with Gasteiger partial charge in [0.25, 0.3) is 0 Å². The minimum absolute atomic E-state index is 0.902. The lowest BCUT2D eigenvalue weighted by Crippen LogP contribution is -2.14. The fourth-order valence-electron chi connectivity index (χ4n) is 1.58. The molecule has 0 saturated heterocycles. The van der Waals surface area contributed by atoms with E-state index in [0.717, 1.165) is 18.4 Å². The smallest absolute Gasteiger partial charge is 0.00490 e. The predicted octanol–water partition coefficient (Wildman–Crippen LogP) is 3.45. The minimum Gasteiger partial charge on any atom is -0.317 e. The molecule has 2 atom stereocenters. The first-order valence-electron chi connectivity index (χ1n) is 5.93. The van der Waals surface area contributed by atoms with Crippen molar-refractivity contribution < 1.29 is 0 Å². The Morgan fingerprint density at radius 3 is 2.23 bits per heavy atom. The SMILES string of the molecule is CCNCCCCC(C)C(C)CC. The molecule has 2 unspecified atom stereocenters. The van der Waals surface area contributed by atoms with Crippen LogP contribution < -0.4 is 5.32 Å². The Morgan fingerprint density at radius 1 is 1.00 bits per heavy atom. The van der Waals surface area contributed by atoms with Gasteiger partial charge < -0.3 is 5.32 Å². The second-order valence-corrected chi connectivity index (χ2v) is 4.21. The summed E-state index contributed by atoms with van der Waals surface area (Å²) in [4.78, 5) is 0. The van der Waals surface area contributed by atoms with Crippen LogP contribution in [0.3, 0.4) is 0 Å². The van der Waals surface area contributed by atoms with Gasteiger partial charge in [-0.05, 0) is 31.3 Å². The van der Waals surface area contributed by atoms with Crippen molar-refractivity contribution in [3.63, 3.8) is 0 Å². The van der Waals surface area contributed by atoms with Crippen molar-refractivity contribution in [2.24, 2.45) is 11.8 Å². The number of hydrogen-bond donors (Lipinski definition) is 1. The summed E-state index contributed by atoms with van der Waals surface area (Å²) in [6, 6.07) is 0. The number of nitrogens with one attached hydrogen (secondary N) is 1. The van der Waals surface area contributed by atoms with Crippen molar-refractivity contribution in [3.8, 4) is 0 Å². The summed E-state index contributed by atoms with van der Waals surface area (Å²) in [5.74, 6) is 1.81. The van der Waals surface area contributed by atoms with E-state index in [1.54, 1.807) is 0 Å². The Balaban J connectivity index is 3.21. The second-order valence-electron chi connectivity index (χ2n) is 4.21. The van der Waals surface area contributed by atoms with Gasteiger partial charge in [-0.1, -0.05) is 47.0 Å². The van der Waals surface area contributed by atoms with Gasteiger partial charge in [-0.25, -0.2) is 0 Å². The summed E-state index contributed by atoms with van der Waals surface area (Å²) in [5, 5.41) is 3.37. The molecule has 0 amide bonds. The lowest BCUT2D eigenvalue weighted by molar-refractivity contribution is 0.343. The Bertz CT molecular complexity index is 101. The Morgan fingerprint density at radius 2 is 1.69 bits per heavy atom. The molecule has 0 radical (unpaired) electrons. The van der Waals surface area contributed by atoms with Gasteiger partial charge in [0, 0.05) is 0 Å². The minimum atomic E-state index is 0.902. The zero-order chi connectivity index (χ0) is 10.1. The van der Waals surface area contributed by atoms with E-state index in [1.165, 1.54) is 32.2 Å². The lowest BCUT2D eigenvalue weighted by Gasteiger charge is -2.17. The highest BCUT2D eigenvalue weighted by molar-refractivity contribution is 4.60. The topological polar surface area (TPSA) is 12.0 Å². The maximum absolute atomic E-state index is 3.37. The van der Waals surface area contributed by atoms with Crippen LogP contribution in [0, 0.1) is 11.8 Å². The fourth-order valence-corrected chi connectivity index (χ4v) is 1.58. The highest BCUT2D eigenvalue weighted by Crippen LogP contribution is 2.19. The molecule has 0 aliphatic heterocycles. The van der Waals surface area contributed by atoms with Crippen molar-refractivity contribution in [1.82, 2.24) is 5.32 Å². The third-order valence-electron chi connectivity index (χ3n) is 3.13. The second kappa shape index (κ2) is 8.55. The molecule has 0 bridgehead atoms. The molecule has 80 valence electrons. The van der Waals surface area contributed by atoms with Crippen LogP contribution in [0.5, 0.6) is 0 Å². The third-order valence-corrected chi connectivity index (χ3v) is 3.13. The molecular formula is C12H27N. The van der Waals surface area contributed by atoms with Crippen LogP contribution in [-0.2, 0) is 0 Å². The van der Waals surface area contributed by atoms with Crippen molar-refractivity contribution in [2.45, 2.75) is 53.4 Å². The summed E-state index contributed by atoms with van der Waals surface area (Å²) in [5.41, 5.74) is 0. The molecule has 0 aromatic heterocycles. The van der Waals surface area contributed by atoms with E-state index < -0.39 is 0 Å². The first kappa shape index (κ1) is 13.0. The van der Waals surface area contributed by atoms with Gasteiger partial charge in [-0.2, -0.15) is 0 Å². The number of unbranched alkanes of at least 4 members (excludes halogenated alkanes) is 1. The molecule has 0 aliphatic carbocycles. The lowest BCUT2D eigenvalue weighted by atomic mass is 9.89. The first-order valence-corrected chi connectivity index (χ1v) is 5.93. The molecule has 0 saturated carbocycles. The van der Waals surface area contributed by atoms with Crippen molar-refractivity contribution >= 4 is 0 Å². The van der Waals surface area contributed by atoms with Crippen LogP contribution >= 0.6 is 0 Å². The largest absolute Gasteiger partial charge is 0.317 e. The number of rotatable bonds is 8. The van der Waals surface area contributed by atoms with Crippen molar-refractivity contribution in [2.75, 3.05) is 13.1 Å². The highest BCUT2D eigenvalue weighted by atomic mass is 14.8. The molecule has 0 aromatic carbocycles. The quantitative estimate of drug-likeness (QED) is 0.571. The molecule has 0 spiro atoms. The molecule has 0 rings (SSSR count). The van der Waals surface area contributed by atoms with Crippen LogP contribution in [0.15, 0.2) is 0 Å². The van der Waals surface area contributed by atoms with E-state index in [1.807, 2.05) is 0 Å². The highest BCUT2D eigenvalue weighted by Gasteiger charge is 2.08. The monoisotopic (exact) mass is 185 g/mol. The van der Waals surface area contributed by atoms with Gasteiger partial charge in [-0.3, -0.25) is 0 Å². The zero-order valence-corrected chi connectivity index (χ0v) is 9.90. The zero-order valence-electron chi connectivity index (χ0n) is 9.90. The predicted molar refractivity (Wildman–Crippen MR) is 61.0 cm³/mol. The van der Waals surface area contributed by atoms with E-state index in [2.05, 4.69) is 33.0 Å². The van der Waals surface area contributed by atoms with E-state index in [9.17, 15) is 0 Å². The van der Waals surface area contributed by atoms with E-state index >= 15 is 0 Å². The summed E-state index contributed by atoms with van der Waals surface area (Å²) in [6.07, 6.45) is 5.46. The molecule has 0 fully saturated rings. The summed E-state index contributed by atoms with van der Waals surface area (Å²) in [6.45, 7) is 11.5. The van der Waals surface area contributed by atoms with Gasteiger partial charge in [0.1, 0.15) is 0 Å². The maximum Gasteiger partial charge on any atom is -0.00490 e. The Labute approximate surface area is 84.3 Å². The van der Waals surface area contributed by atoms with Crippen LogP contribution in [-0.4, -0.2) is 13.1 Å². The fraction of sp³-hybridized carbons (Fsp3) is 1.00. The molecule has 1 heteroatoms. The average Bonchev–Trinajstić information content (AvgIpc) is 2.16. The van der Waals surface area contributed by atoms with Gasteiger partial charge in [0.2, 0.25) is 0 Å². The van der Waals surface area contributed by atoms with Crippen LogP contribution in [0.1, 0.15) is 53.4 Å². The molecule has 0 aromatic rings. The molecule has 1 N–H and O–H groups in total. The first-order chi connectivity index (χ1) is 6.22. The molecule has 0 aliphatic rings. The number of hydrogen-bond acceptors (Lipinski definition) is 1. The van der Waals surface area contributed by atoms with Gasteiger partial charge in [0.05, 0.1) is 0 Å². The molecule has 1 nitrogen and oxygen atoms in total. The normalized spacial score (nSPS) is 15.7. The van der Waals surface area contributed by atoms with Gasteiger partial charge in [0.15, 0.2) is 0 Å². The summed E-state index contributed by atoms with van der Waals surface area (Å²) in [7, 11) is 0. The molecule has 13 heavy (non-hydrogen) atoms. The third kappa shape index (κ3) is 7.06. The standard InChI is InChI=1S/C12H27N/c1-5-11(3)12(4)9-7-8-10-13-6-2/h11-13H,5-10H2,1-4H3. The van der Waals surface area contributed by atoms with Crippen LogP contribution in [0.2, 0.25) is 0 Å².